The summed E-state index contributed by atoms with van der Waals surface area (Å²) in [6, 6.07) is 0. The molecule has 2 rings (SSSR count). The molecule has 1 saturated heterocycles. The smallest absolute Gasteiger partial charge is 0.308 e. The zero-order valence-corrected chi connectivity index (χ0v) is 13.0. The lowest BCUT2D eigenvalue weighted by atomic mass is 9.80. The summed E-state index contributed by atoms with van der Waals surface area (Å²) in [5, 5.41) is 5.83. The Kier molecular flexibility index (Phi) is 4.82. The van der Waals surface area contributed by atoms with E-state index in [1.165, 1.54) is 0 Å². The van der Waals surface area contributed by atoms with Crippen LogP contribution in [-0.4, -0.2) is 34.1 Å². The molecule has 0 aliphatic carbocycles. The molecule has 1 aliphatic heterocycles. The molecular formula is C17H21F2N3O. The Morgan fingerprint density at radius 2 is 2.04 bits per heavy atom. The van der Waals surface area contributed by atoms with Gasteiger partial charge in [-0.1, -0.05) is 18.7 Å². The average molecular weight is 321 g/mol. The highest BCUT2D eigenvalue weighted by Gasteiger charge is 2.41. The van der Waals surface area contributed by atoms with Gasteiger partial charge in [0.15, 0.2) is 0 Å². The average Bonchev–Trinajstić information content (AvgIpc) is 3.15. The molecule has 4 nitrogen and oxygen atoms in total. The van der Waals surface area contributed by atoms with Gasteiger partial charge in [-0.25, -0.2) is 0 Å². The van der Waals surface area contributed by atoms with E-state index in [1.54, 1.807) is 4.90 Å². The maximum Gasteiger partial charge on any atom is 0.308 e. The molecule has 6 heteroatoms. The number of aromatic nitrogens is 2. The fraction of sp³-hybridized carbons (Fsp3) is 0.412. The van der Waals surface area contributed by atoms with Crippen molar-refractivity contribution in [1.29, 1.82) is 0 Å². The zero-order chi connectivity index (χ0) is 17.1. The summed E-state index contributed by atoms with van der Waals surface area (Å²) in [6.45, 7) is 11.7. The van der Waals surface area contributed by atoms with Crippen molar-refractivity contribution in [1.82, 2.24) is 15.1 Å². The quantitative estimate of drug-likeness (QED) is 0.779. The molecule has 124 valence electrons. The number of carbonyl (C=O) groups excluding carboxylic acids is 1. The number of rotatable bonds is 7. The van der Waals surface area contributed by atoms with Gasteiger partial charge in [-0.2, -0.15) is 13.9 Å². The number of allylic oxidation sites excluding steroid dienone is 3. The van der Waals surface area contributed by atoms with Gasteiger partial charge < -0.3 is 4.90 Å². The van der Waals surface area contributed by atoms with Crippen LogP contribution in [0.3, 0.4) is 0 Å². The number of alkyl halides is 2. The number of amides is 1. The number of carbonyl (C=O) groups is 1. The second kappa shape index (κ2) is 6.48. The first-order chi connectivity index (χ1) is 10.9. The van der Waals surface area contributed by atoms with E-state index in [9.17, 15) is 13.6 Å². The van der Waals surface area contributed by atoms with Crippen LogP contribution in [0.4, 0.5) is 8.78 Å². The molecule has 1 fully saturated rings. The SMILES string of the molecule is C=CCC1(CC=C)CCN(C(=O)c2cn[nH]c2C(F)(F)C=C)C1. The number of aromatic amines is 1. The second-order valence-corrected chi connectivity index (χ2v) is 5.95. The largest absolute Gasteiger partial charge is 0.338 e. The molecule has 0 atom stereocenters. The molecule has 1 aromatic rings. The van der Waals surface area contributed by atoms with E-state index in [0.29, 0.717) is 19.2 Å². The van der Waals surface area contributed by atoms with Gasteiger partial charge in [-0.05, 0) is 30.8 Å². The number of hydrogen-bond acceptors (Lipinski definition) is 2. The molecule has 0 saturated carbocycles. The number of likely N-dealkylation sites (tertiary alicyclic amines) is 1. The van der Waals surface area contributed by atoms with E-state index in [2.05, 4.69) is 29.9 Å². The van der Waals surface area contributed by atoms with Gasteiger partial charge >= 0.3 is 5.92 Å². The van der Waals surface area contributed by atoms with Gasteiger partial charge in [0.05, 0.1) is 11.8 Å². The number of halogens is 2. The summed E-state index contributed by atoms with van der Waals surface area (Å²) < 4.78 is 27.7. The molecule has 23 heavy (non-hydrogen) atoms. The van der Waals surface area contributed by atoms with E-state index in [4.69, 9.17) is 0 Å². The highest BCUT2D eigenvalue weighted by Crippen LogP contribution is 2.39. The molecular weight excluding hydrogens is 300 g/mol. The molecule has 2 heterocycles. The molecule has 1 aliphatic rings. The zero-order valence-electron chi connectivity index (χ0n) is 13.0. The summed E-state index contributed by atoms with van der Waals surface area (Å²) in [6.07, 6.45) is 7.60. The molecule has 0 unspecified atom stereocenters. The maximum absolute atomic E-state index is 13.8. The number of hydrogen-bond donors (Lipinski definition) is 1. The lowest BCUT2D eigenvalue weighted by Crippen LogP contribution is -2.33. The summed E-state index contributed by atoms with van der Waals surface area (Å²) in [5.74, 6) is -3.76. The minimum absolute atomic E-state index is 0.107. The second-order valence-electron chi connectivity index (χ2n) is 5.95. The van der Waals surface area contributed by atoms with Crippen molar-refractivity contribution in [2.24, 2.45) is 5.41 Å². The standard InChI is InChI=1S/C17H21F2N3O/c1-4-7-16(8-5-2)9-10-22(12-16)15(23)13-11-20-21-14(13)17(18,19)6-3/h4-6,11H,1-3,7-10,12H2,(H,20,21). The van der Waals surface area contributed by atoms with Crippen LogP contribution in [0.15, 0.2) is 44.2 Å². The first-order valence-electron chi connectivity index (χ1n) is 7.45. The van der Waals surface area contributed by atoms with Gasteiger partial charge in [0, 0.05) is 13.1 Å². The minimum Gasteiger partial charge on any atom is -0.338 e. The Hall–Kier alpha value is -2.24. The van der Waals surface area contributed by atoms with E-state index in [1.807, 2.05) is 12.2 Å². The van der Waals surface area contributed by atoms with E-state index in [0.717, 1.165) is 25.5 Å². The molecule has 0 aromatic carbocycles. The van der Waals surface area contributed by atoms with Crippen molar-refractivity contribution in [2.45, 2.75) is 25.2 Å². The third-order valence-corrected chi connectivity index (χ3v) is 4.34. The Balaban J connectivity index is 2.23. The third kappa shape index (κ3) is 3.25. The van der Waals surface area contributed by atoms with Crippen LogP contribution in [0.1, 0.15) is 35.3 Å². The van der Waals surface area contributed by atoms with Crippen molar-refractivity contribution in [3.8, 4) is 0 Å². The lowest BCUT2D eigenvalue weighted by Gasteiger charge is -2.27. The van der Waals surface area contributed by atoms with Gasteiger partial charge in [-0.3, -0.25) is 9.89 Å². The van der Waals surface area contributed by atoms with Gasteiger partial charge in [0.2, 0.25) is 0 Å². The first kappa shape index (κ1) is 17.1. The van der Waals surface area contributed by atoms with E-state index >= 15 is 0 Å². The van der Waals surface area contributed by atoms with Crippen molar-refractivity contribution in [2.75, 3.05) is 13.1 Å². The normalized spacial score (nSPS) is 17.0. The monoisotopic (exact) mass is 321 g/mol. The molecule has 0 radical (unpaired) electrons. The number of nitrogens with one attached hydrogen (secondary N) is 1. The molecule has 1 aromatic heterocycles. The van der Waals surface area contributed by atoms with Crippen LogP contribution in [-0.2, 0) is 5.92 Å². The Morgan fingerprint density at radius 1 is 1.39 bits per heavy atom. The Morgan fingerprint density at radius 3 is 2.61 bits per heavy atom. The molecule has 1 amide bonds. The number of H-pyrrole nitrogens is 1. The van der Waals surface area contributed by atoms with E-state index < -0.39 is 17.5 Å². The summed E-state index contributed by atoms with van der Waals surface area (Å²) in [5.41, 5.74) is -0.727. The molecule has 0 spiro atoms. The fourth-order valence-corrected chi connectivity index (χ4v) is 3.11. The predicted molar refractivity (Wildman–Crippen MR) is 85.3 cm³/mol. The van der Waals surface area contributed by atoms with Crippen molar-refractivity contribution in [3.05, 3.63) is 55.4 Å². The topological polar surface area (TPSA) is 49.0 Å². The number of nitrogens with zero attached hydrogens (tertiary/aromatic N) is 2. The van der Waals surface area contributed by atoms with E-state index in [-0.39, 0.29) is 11.0 Å². The van der Waals surface area contributed by atoms with Crippen LogP contribution in [0, 0.1) is 5.41 Å². The van der Waals surface area contributed by atoms with Crippen molar-refractivity contribution in [3.63, 3.8) is 0 Å². The third-order valence-electron chi connectivity index (χ3n) is 4.34. The minimum atomic E-state index is -3.32. The van der Waals surface area contributed by atoms with Gasteiger partial charge in [0.1, 0.15) is 5.69 Å². The van der Waals surface area contributed by atoms with Crippen molar-refractivity contribution < 1.29 is 13.6 Å². The molecule has 1 N–H and O–H groups in total. The fourth-order valence-electron chi connectivity index (χ4n) is 3.11. The first-order valence-corrected chi connectivity index (χ1v) is 7.45. The van der Waals surface area contributed by atoms with Crippen LogP contribution in [0.2, 0.25) is 0 Å². The summed E-state index contributed by atoms with van der Waals surface area (Å²) in [7, 11) is 0. The summed E-state index contributed by atoms with van der Waals surface area (Å²) in [4.78, 5) is 14.2. The molecule has 0 bridgehead atoms. The Bertz CT molecular complexity index is 611. The van der Waals surface area contributed by atoms with Crippen LogP contribution in [0.25, 0.3) is 0 Å². The summed E-state index contributed by atoms with van der Waals surface area (Å²) >= 11 is 0. The van der Waals surface area contributed by atoms with Gasteiger partial charge in [0.25, 0.3) is 5.91 Å². The van der Waals surface area contributed by atoms with Crippen LogP contribution >= 0.6 is 0 Å². The van der Waals surface area contributed by atoms with Crippen molar-refractivity contribution >= 4 is 5.91 Å². The lowest BCUT2D eigenvalue weighted by molar-refractivity contribution is 0.0446. The highest BCUT2D eigenvalue weighted by molar-refractivity contribution is 5.95. The van der Waals surface area contributed by atoms with Gasteiger partial charge in [-0.15, -0.1) is 13.2 Å². The maximum atomic E-state index is 13.8. The Labute approximate surface area is 134 Å². The highest BCUT2D eigenvalue weighted by atomic mass is 19.3. The van der Waals surface area contributed by atoms with Crippen LogP contribution in [0.5, 0.6) is 0 Å². The predicted octanol–water partition coefficient (Wildman–Crippen LogP) is 3.67. The van der Waals surface area contributed by atoms with Crippen LogP contribution < -0.4 is 0 Å².